The molecule has 0 bridgehead atoms. The first kappa shape index (κ1) is 13.5. The minimum Gasteiger partial charge on any atom is -0.550 e. The van der Waals surface area contributed by atoms with Crippen LogP contribution in [0.4, 0.5) is 0 Å². The maximum atomic E-state index is 10.3. The molecule has 0 aliphatic rings. The van der Waals surface area contributed by atoms with Crippen LogP contribution in [0, 0.1) is 6.92 Å². The summed E-state index contributed by atoms with van der Waals surface area (Å²) >= 11 is 0. The number of aliphatic carboxylic acids is 1. The van der Waals surface area contributed by atoms with Gasteiger partial charge in [0.05, 0.1) is 12.7 Å². The summed E-state index contributed by atoms with van der Waals surface area (Å²) in [7, 11) is 0. The fraction of sp³-hybridized carbons (Fsp3) is 0.462. The number of rotatable bonds is 6. The zero-order valence-corrected chi connectivity index (χ0v) is 10.1. The molecular weight excluding hydrogens is 220 g/mol. The number of hydrogen-bond donors (Lipinski definition) is 1. The zero-order valence-electron chi connectivity index (χ0n) is 10.1. The Kier molecular flexibility index (Phi) is 4.97. The zero-order chi connectivity index (χ0) is 12.8. The minimum atomic E-state index is -1.15. The normalized spacial score (nSPS) is 12.2. The van der Waals surface area contributed by atoms with E-state index in [1.165, 1.54) is 0 Å². The minimum absolute atomic E-state index is 0.145. The number of aliphatic hydroxyl groups excluding tert-OH is 1. The van der Waals surface area contributed by atoms with Crippen LogP contribution in [-0.2, 0) is 4.79 Å². The number of aryl methyl sites for hydroxylation is 1. The molecule has 94 valence electrons. The second kappa shape index (κ2) is 6.25. The molecule has 4 heteroatoms. The molecule has 0 aliphatic heterocycles. The van der Waals surface area contributed by atoms with E-state index >= 15 is 0 Å². The molecule has 17 heavy (non-hydrogen) atoms. The van der Waals surface area contributed by atoms with E-state index in [1.807, 2.05) is 19.9 Å². The van der Waals surface area contributed by atoms with E-state index in [4.69, 9.17) is 4.74 Å². The molecular formula is C13H17O4-. The summed E-state index contributed by atoms with van der Waals surface area (Å²) in [5.41, 5.74) is 1.63. The Bertz CT molecular complexity index is 387. The van der Waals surface area contributed by atoms with E-state index in [2.05, 4.69) is 0 Å². The largest absolute Gasteiger partial charge is 0.550 e. The van der Waals surface area contributed by atoms with Crippen molar-refractivity contribution in [3.8, 4) is 5.75 Å². The lowest BCUT2D eigenvalue weighted by Crippen LogP contribution is -2.22. The smallest absolute Gasteiger partial charge is 0.122 e. The Labute approximate surface area is 101 Å². The number of carboxylic acids is 1. The second-order valence-corrected chi connectivity index (χ2v) is 3.88. The van der Waals surface area contributed by atoms with E-state index in [1.54, 1.807) is 12.1 Å². The van der Waals surface area contributed by atoms with Crippen LogP contribution in [0.3, 0.4) is 0 Å². The summed E-state index contributed by atoms with van der Waals surface area (Å²) in [5, 5.41) is 20.1. The first-order chi connectivity index (χ1) is 8.04. The molecule has 0 unspecified atom stereocenters. The number of carbonyl (C=O) groups excluding carboxylic acids is 1. The van der Waals surface area contributed by atoms with Crippen LogP contribution in [0.2, 0.25) is 0 Å². The van der Waals surface area contributed by atoms with Crippen LogP contribution in [0.1, 0.15) is 37.0 Å². The molecule has 1 aromatic rings. The van der Waals surface area contributed by atoms with Crippen molar-refractivity contribution >= 4 is 5.97 Å². The predicted molar refractivity (Wildman–Crippen MR) is 61.5 cm³/mol. The molecule has 1 rings (SSSR count). The number of benzene rings is 1. The summed E-state index contributed by atoms with van der Waals surface area (Å²) in [6.45, 7) is 4.38. The third-order valence-electron chi connectivity index (χ3n) is 2.51. The maximum Gasteiger partial charge on any atom is 0.122 e. The summed E-state index contributed by atoms with van der Waals surface area (Å²) in [6, 6.07) is 5.35. The van der Waals surface area contributed by atoms with Gasteiger partial charge in [-0.15, -0.1) is 0 Å². The molecule has 0 fully saturated rings. The molecule has 1 N–H and O–H groups in total. The van der Waals surface area contributed by atoms with Gasteiger partial charge in [0.25, 0.3) is 0 Å². The van der Waals surface area contributed by atoms with Crippen molar-refractivity contribution in [3.05, 3.63) is 29.3 Å². The first-order valence-corrected chi connectivity index (χ1v) is 5.65. The second-order valence-electron chi connectivity index (χ2n) is 3.88. The number of carbonyl (C=O) groups is 1. The van der Waals surface area contributed by atoms with Crippen LogP contribution < -0.4 is 9.84 Å². The van der Waals surface area contributed by atoms with Gasteiger partial charge in [-0.25, -0.2) is 0 Å². The van der Waals surface area contributed by atoms with Crippen molar-refractivity contribution in [1.82, 2.24) is 0 Å². The highest BCUT2D eigenvalue weighted by atomic mass is 16.5. The molecule has 0 radical (unpaired) electrons. The van der Waals surface area contributed by atoms with Gasteiger partial charge in [-0.3, -0.25) is 0 Å². The molecule has 0 saturated carbocycles. The Hall–Kier alpha value is -1.55. The molecule has 1 atom stereocenters. The highest BCUT2D eigenvalue weighted by Crippen LogP contribution is 2.24. The Morgan fingerprint density at radius 2 is 2.24 bits per heavy atom. The van der Waals surface area contributed by atoms with Crippen LogP contribution in [0.15, 0.2) is 18.2 Å². The highest BCUT2D eigenvalue weighted by Gasteiger charge is 2.09. The van der Waals surface area contributed by atoms with Crippen molar-refractivity contribution in [3.63, 3.8) is 0 Å². The third-order valence-corrected chi connectivity index (χ3v) is 2.51. The molecule has 0 aromatic heterocycles. The lowest BCUT2D eigenvalue weighted by Gasteiger charge is -2.14. The quantitative estimate of drug-likeness (QED) is 0.800. The molecule has 0 heterocycles. The standard InChI is InChI=1S/C13H18O4/c1-3-17-12-6-4-10(8-9(12)2)11(14)5-7-13(15)16/h4,6,8,11,14H,3,5,7H2,1-2H3,(H,15,16)/p-1/t11-/m0/s1. The van der Waals surface area contributed by atoms with E-state index in [-0.39, 0.29) is 12.8 Å². The SMILES string of the molecule is CCOc1ccc([C@@H](O)CCC(=O)[O-])cc1C. The molecule has 0 amide bonds. The van der Waals surface area contributed by atoms with Gasteiger partial charge in [-0.05, 0) is 49.9 Å². The van der Waals surface area contributed by atoms with Crippen molar-refractivity contribution < 1.29 is 19.7 Å². The van der Waals surface area contributed by atoms with Crippen molar-refractivity contribution in [2.75, 3.05) is 6.61 Å². The number of carboxylic acid groups (broad SMARTS) is 1. The van der Waals surface area contributed by atoms with Gasteiger partial charge in [-0.1, -0.05) is 6.07 Å². The lowest BCUT2D eigenvalue weighted by molar-refractivity contribution is -0.306. The van der Waals surface area contributed by atoms with Gasteiger partial charge < -0.3 is 19.7 Å². The monoisotopic (exact) mass is 237 g/mol. The van der Waals surface area contributed by atoms with Crippen LogP contribution in [0.25, 0.3) is 0 Å². The van der Waals surface area contributed by atoms with Crippen molar-refractivity contribution in [1.29, 1.82) is 0 Å². The molecule has 1 aromatic carbocycles. The third kappa shape index (κ3) is 4.07. The molecule has 4 nitrogen and oxygen atoms in total. The van der Waals surface area contributed by atoms with Gasteiger partial charge >= 0.3 is 0 Å². The molecule has 0 aliphatic carbocycles. The number of ether oxygens (including phenoxy) is 1. The summed E-state index contributed by atoms with van der Waals surface area (Å²) in [4.78, 5) is 10.3. The van der Waals surface area contributed by atoms with Gasteiger partial charge in [0.1, 0.15) is 5.75 Å². The van der Waals surface area contributed by atoms with E-state index in [9.17, 15) is 15.0 Å². The summed E-state index contributed by atoms with van der Waals surface area (Å²) < 4.78 is 5.38. The Morgan fingerprint density at radius 1 is 1.53 bits per heavy atom. The van der Waals surface area contributed by atoms with Crippen LogP contribution in [0.5, 0.6) is 5.75 Å². The summed E-state index contributed by atoms with van der Waals surface area (Å²) in [6.07, 6.45) is -0.759. The van der Waals surface area contributed by atoms with E-state index in [0.717, 1.165) is 11.3 Å². The van der Waals surface area contributed by atoms with E-state index < -0.39 is 12.1 Å². The van der Waals surface area contributed by atoms with Gasteiger partial charge in [0.2, 0.25) is 0 Å². The Balaban J connectivity index is 2.71. The number of aliphatic hydroxyl groups is 1. The maximum absolute atomic E-state index is 10.3. The van der Waals surface area contributed by atoms with Crippen molar-refractivity contribution in [2.45, 2.75) is 32.8 Å². The highest BCUT2D eigenvalue weighted by molar-refractivity contribution is 5.64. The van der Waals surface area contributed by atoms with Crippen LogP contribution in [-0.4, -0.2) is 17.7 Å². The average molecular weight is 237 g/mol. The lowest BCUT2D eigenvalue weighted by atomic mass is 10.0. The molecule has 0 spiro atoms. The fourth-order valence-corrected chi connectivity index (χ4v) is 1.62. The first-order valence-electron chi connectivity index (χ1n) is 5.65. The summed E-state index contributed by atoms with van der Waals surface area (Å²) in [5.74, 6) is -0.366. The Morgan fingerprint density at radius 3 is 2.76 bits per heavy atom. The fourth-order valence-electron chi connectivity index (χ4n) is 1.62. The average Bonchev–Trinajstić information content (AvgIpc) is 2.28. The van der Waals surface area contributed by atoms with Gasteiger partial charge in [0.15, 0.2) is 0 Å². The predicted octanol–water partition coefficient (Wildman–Crippen LogP) is 0.957. The topological polar surface area (TPSA) is 69.6 Å². The molecule has 0 saturated heterocycles. The van der Waals surface area contributed by atoms with Gasteiger partial charge in [0, 0.05) is 5.97 Å². The van der Waals surface area contributed by atoms with Crippen molar-refractivity contribution in [2.24, 2.45) is 0 Å². The number of hydrogen-bond acceptors (Lipinski definition) is 4. The van der Waals surface area contributed by atoms with Crippen LogP contribution >= 0.6 is 0 Å². The van der Waals surface area contributed by atoms with Gasteiger partial charge in [-0.2, -0.15) is 0 Å². The van der Waals surface area contributed by atoms with E-state index in [0.29, 0.717) is 12.2 Å².